The van der Waals surface area contributed by atoms with Crippen LogP contribution in [0.4, 0.5) is 0 Å². The molecular weight excluding hydrogens is 396 g/mol. The Balaban J connectivity index is 4.85. The van der Waals surface area contributed by atoms with Crippen LogP contribution in [0, 0.1) is 11.8 Å². The lowest BCUT2D eigenvalue weighted by Crippen LogP contribution is -2.41. The molecule has 0 spiro atoms. The van der Waals surface area contributed by atoms with Crippen LogP contribution in [-0.2, 0) is 33.4 Å². The number of carboxylic acid groups (broad SMARTS) is 1. The van der Waals surface area contributed by atoms with Crippen molar-refractivity contribution in [3.05, 3.63) is 0 Å². The molecule has 0 aromatic carbocycles. The molecule has 10 heteroatoms. The lowest BCUT2D eigenvalue weighted by molar-refractivity contribution is -0.192. The molecule has 5 N–H and O–H groups in total. The van der Waals surface area contributed by atoms with Gasteiger partial charge in [0.2, 0.25) is 0 Å². The SMILES string of the molecule is CC[C@H](C)[C@H](N)C(=O)OCCC(OC(=O)CCCC(=O)O)OC(=O)[C@@H](N)[C@@H](C)CC. The molecule has 0 fully saturated rings. The van der Waals surface area contributed by atoms with Gasteiger partial charge >= 0.3 is 23.9 Å². The summed E-state index contributed by atoms with van der Waals surface area (Å²) in [4.78, 5) is 46.7. The van der Waals surface area contributed by atoms with Crippen LogP contribution in [0.1, 0.15) is 66.2 Å². The normalized spacial score (nSPS) is 15.9. The first-order valence-electron chi connectivity index (χ1n) is 10.3. The van der Waals surface area contributed by atoms with Gasteiger partial charge in [-0.15, -0.1) is 0 Å². The second-order valence-corrected chi connectivity index (χ2v) is 7.38. The molecular formula is C20H36N2O8. The average molecular weight is 433 g/mol. The third kappa shape index (κ3) is 11.1. The third-order valence-corrected chi connectivity index (χ3v) is 4.94. The Hall–Kier alpha value is -2.20. The number of carboxylic acids is 1. The minimum Gasteiger partial charge on any atom is -0.481 e. The van der Waals surface area contributed by atoms with Crippen LogP contribution in [0.3, 0.4) is 0 Å². The summed E-state index contributed by atoms with van der Waals surface area (Å²) in [5.74, 6) is -3.31. The van der Waals surface area contributed by atoms with Crippen molar-refractivity contribution in [2.45, 2.75) is 84.6 Å². The van der Waals surface area contributed by atoms with E-state index in [0.29, 0.717) is 12.8 Å². The van der Waals surface area contributed by atoms with Crippen molar-refractivity contribution in [3.63, 3.8) is 0 Å². The Morgan fingerprint density at radius 3 is 1.90 bits per heavy atom. The van der Waals surface area contributed by atoms with Crippen molar-refractivity contribution in [2.75, 3.05) is 6.61 Å². The molecule has 0 rings (SSSR count). The van der Waals surface area contributed by atoms with Crippen molar-refractivity contribution in [3.8, 4) is 0 Å². The summed E-state index contributed by atoms with van der Waals surface area (Å²) in [5, 5.41) is 8.64. The van der Waals surface area contributed by atoms with E-state index in [-0.39, 0.29) is 44.1 Å². The van der Waals surface area contributed by atoms with Crippen molar-refractivity contribution in [1.29, 1.82) is 0 Å². The molecule has 0 radical (unpaired) electrons. The number of rotatable bonds is 15. The molecule has 0 aliphatic carbocycles. The molecule has 0 saturated carbocycles. The highest BCUT2D eigenvalue weighted by atomic mass is 16.7. The fraction of sp³-hybridized carbons (Fsp3) is 0.800. The first-order chi connectivity index (χ1) is 14.0. The summed E-state index contributed by atoms with van der Waals surface area (Å²) in [6, 6.07) is -1.68. The molecule has 1 unspecified atom stereocenters. The summed E-state index contributed by atoms with van der Waals surface area (Å²) in [6.45, 7) is 7.21. The Morgan fingerprint density at radius 2 is 1.40 bits per heavy atom. The van der Waals surface area contributed by atoms with Gasteiger partial charge in [0, 0.05) is 12.8 Å². The lowest BCUT2D eigenvalue weighted by atomic mass is 10.0. The van der Waals surface area contributed by atoms with Gasteiger partial charge in [0.1, 0.15) is 12.1 Å². The maximum Gasteiger partial charge on any atom is 0.326 e. The number of carbonyl (C=O) groups excluding carboxylic acids is 3. The fourth-order valence-corrected chi connectivity index (χ4v) is 2.26. The first-order valence-corrected chi connectivity index (χ1v) is 10.3. The van der Waals surface area contributed by atoms with Crippen LogP contribution in [0.2, 0.25) is 0 Å². The second-order valence-electron chi connectivity index (χ2n) is 7.38. The molecule has 0 aliphatic heterocycles. The molecule has 30 heavy (non-hydrogen) atoms. The van der Waals surface area contributed by atoms with Crippen LogP contribution >= 0.6 is 0 Å². The zero-order chi connectivity index (χ0) is 23.3. The van der Waals surface area contributed by atoms with Gasteiger partial charge in [0.25, 0.3) is 6.29 Å². The van der Waals surface area contributed by atoms with Gasteiger partial charge in [-0.25, -0.2) is 0 Å². The Bertz CT molecular complexity index is 569. The largest absolute Gasteiger partial charge is 0.481 e. The number of aliphatic carboxylic acids is 1. The monoisotopic (exact) mass is 432 g/mol. The zero-order valence-corrected chi connectivity index (χ0v) is 18.3. The van der Waals surface area contributed by atoms with E-state index >= 15 is 0 Å². The third-order valence-electron chi connectivity index (χ3n) is 4.94. The summed E-state index contributed by atoms with van der Waals surface area (Å²) in [5.41, 5.74) is 11.7. The molecule has 10 nitrogen and oxygen atoms in total. The van der Waals surface area contributed by atoms with E-state index in [2.05, 4.69) is 0 Å². The molecule has 0 saturated heterocycles. The van der Waals surface area contributed by atoms with Gasteiger partial charge in [-0.05, 0) is 18.3 Å². The number of hydrogen-bond donors (Lipinski definition) is 3. The Labute approximate surface area is 177 Å². The van der Waals surface area contributed by atoms with Crippen LogP contribution in [0.15, 0.2) is 0 Å². The molecule has 0 aromatic rings. The minimum atomic E-state index is -1.31. The molecule has 0 amide bonds. The van der Waals surface area contributed by atoms with Gasteiger partial charge in [0.05, 0.1) is 13.0 Å². The zero-order valence-electron chi connectivity index (χ0n) is 18.3. The quantitative estimate of drug-likeness (QED) is 0.253. The van der Waals surface area contributed by atoms with E-state index in [0.717, 1.165) is 0 Å². The molecule has 0 aliphatic rings. The number of esters is 3. The number of hydrogen-bond acceptors (Lipinski definition) is 9. The number of carbonyl (C=O) groups is 4. The lowest BCUT2D eigenvalue weighted by Gasteiger charge is -2.23. The smallest absolute Gasteiger partial charge is 0.326 e. The summed E-state index contributed by atoms with van der Waals surface area (Å²) >= 11 is 0. The molecule has 0 bridgehead atoms. The van der Waals surface area contributed by atoms with Crippen molar-refractivity contribution < 1.29 is 38.5 Å². The Kier molecular flexibility index (Phi) is 13.7. The van der Waals surface area contributed by atoms with Crippen LogP contribution in [0.5, 0.6) is 0 Å². The maximum absolute atomic E-state index is 12.2. The van der Waals surface area contributed by atoms with E-state index in [9.17, 15) is 19.2 Å². The second kappa shape index (κ2) is 14.7. The summed E-state index contributed by atoms with van der Waals surface area (Å²) in [6.07, 6.45) is -0.306. The van der Waals surface area contributed by atoms with E-state index in [1.165, 1.54) is 0 Å². The molecule has 174 valence electrons. The summed E-state index contributed by atoms with van der Waals surface area (Å²) < 4.78 is 15.4. The van der Waals surface area contributed by atoms with Gasteiger partial charge in [0.15, 0.2) is 0 Å². The fourth-order valence-electron chi connectivity index (χ4n) is 2.26. The predicted molar refractivity (Wildman–Crippen MR) is 108 cm³/mol. The first kappa shape index (κ1) is 27.8. The molecule has 0 aromatic heterocycles. The number of nitrogens with two attached hydrogens (primary N) is 2. The topological polar surface area (TPSA) is 168 Å². The van der Waals surface area contributed by atoms with E-state index < -0.39 is 42.3 Å². The molecule has 5 atom stereocenters. The van der Waals surface area contributed by atoms with E-state index in [1.54, 1.807) is 6.92 Å². The number of ether oxygens (including phenoxy) is 3. The van der Waals surface area contributed by atoms with Crippen molar-refractivity contribution >= 4 is 23.9 Å². The van der Waals surface area contributed by atoms with E-state index in [1.807, 2.05) is 20.8 Å². The van der Waals surface area contributed by atoms with Crippen LogP contribution in [0.25, 0.3) is 0 Å². The highest BCUT2D eigenvalue weighted by molar-refractivity contribution is 5.77. The van der Waals surface area contributed by atoms with Crippen molar-refractivity contribution in [2.24, 2.45) is 23.3 Å². The van der Waals surface area contributed by atoms with Crippen LogP contribution in [-0.4, -0.2) is 54.0 Å². The standard InChI is InChI=1S/C20H36N2O8/c1-5-12(3)17(21)19(26)28-11-10-16(29-15(25)9-7-8-14(23)24)30-20(27)18(22)13(4)6-2/h12-13,16-18H,5-11,21-22H2,1-4H3,(H,23,24)/t12-,13-,16?,17-,18-/m0/s1. The van der Waals surface area contributed by atoms with Gasteiger partial charge in [-0.1, -0.05) is 40.5 Å². The highest BCUT2D eigenvalue weighted by Gasteiger charge is 2.27. The Morgan fingerprint density at radius 1 is 0.867 bits per heavy atom. The predicted octanol–water partition coefficient (Wildman–Crippen LogP) is 1.33. The van der Waals surface area contributed by atoms with Gasteiger partial charge < -0.3 is 30.8 Å². The van der Waals surface area contributed by atoms with Gasteiger partial charge in [-0.2, -0.15) is 0 Å². The maximum atomic E-state index is 12.2. The van der Waals surface area contributed by atoms with Crippen molar-refractivity contribution in [1.82, 2.24) is 0 Å². The minimum absolute atomic E-state index is 0.0632. The summed E-state index contributed by atoms with van der Waals surface area (Å²) in [7, 11) is 0. The van der Waals surface area contributed by atoms with Crippen LogP contribution < -0.4 is 11.5 Å². The molecule has 0 heterocycles. The van der Waals surface area contributed by atoms with Gasteiger partial charge in [-0.3, -0.25) is 19.2 Å². The average Bonchev–Trinajstić information content (AvgIpc) is 2.70. The highest BCUT2D eigenvalue weighted by Crippen LogP contribution is 2.13. The van der Waals surface area contributed by atoms with E-state index in [4.69, 9.17) is 30.8 Å².